The van der Waals surface area contributed by atoms with E-state index in [1.807, 2.05) is 28.8 Å². The van der Waals surface area contributed by atoms with Crippen LogP contribution in [0.3, 0.4) is 0 Å². The largest absolute Gasteiger partial charge is 0.357 e. The molecule has 22 heavy (non-hydrogen) atoms. The molecular formula is C15H20N6O. The molecule has 1 amide bonds. The molecule has 7 nitrogen and oxygen atoms in total. The van der Waals surface area contributed by atoms with E-state index in [-0.39, 0.29) is 11.9 Å². The van der Waals surface area contributed by atoms with Crippen LogP contribution in [0.15, 0.2) is 24.5 Å². The van der Waals surface area contributed by atoms with Crippen molar-refractivity contribution < 1.29 is 4.79 Å². The normalized spacial score (nSPS) is 18.3. The van der Waals surface area contributed by atoms with Crippen molar-refractivity contribution in [2.24, 2.45) is 0 Å². The summed E-state index contributed by atoms with van der Waals surface area (Å²) in [6.45, 7) is 3.29. The molecule has 0 bridgehead atoms. The van der Waals surface area contributed by atoms with Crippen molar-refractivity contribution in [3.63, 3.8) is 0 Å². The zero-order chi connectivity index (χ0) is 15.5. The van der Waals surface area contributed by atoms with Crippen LogP contribution >= 0.6 is 0 Å². The van der Waals surface area contributed by atoms with Gasteiger partial charge in [-0.25, -0.2) is 9.97 Å². The lowest BCUT2D eigenvalue weighted by Crippen LogP contribution is -2.41. The number of aryl methyl sites for hydroxylation is 1. The van der Waals surface area contributed by atoms with Crippen LogP contribution in [0.5, 0.6) is 0 Å². The van der Waals surface area contributed by atoms with Gasteiger partial charge < -0.3 is 10.2 Å². The summed E-state index contributed by atoms with van der Waals surface area (Å²) in [6.07, 6.45) is 5.73. The maximum Gasteiger partial charge on any atom is 0.272 e. The molecule has 0 aromatic carbocycles. The monoisotopic (exact) mass is 300 g/mol. The molecule has 1 atom stereocenters. The van der Waals surface area contributed by atoms with E-state index in [1.165, 1.54) is 0 Å². The Bertz CT molecular complexity index is 654. The van der Waals surface area contributed by atoms with Crippen LogP contribution in [-0.4, -0.2) is 50.7 Å². The van der Waals surface area contributed by atoms with Crippen molar-refractivity contribution in [2.45, 2.75) is 25.8 Å². The van der Waals surface area contributed by atoms with E-state index in [9.17, 15) is 4.79 Å². The third kappa shape index (κ3) is 2.93. The minimum absolute atomic E-state index is 0.0427. The number of piperidine rings is 1. The number of carbonyl (C=O) groups excluding carboxylic acids is 1. The first kappa shape index (κ1) is 14.5. The molecule has 1 unspecified atom stereocenters. The van der Waals surface area contributed by atoms with Crippen molar-refractivity contribution in [2.75, 3.05) is 25.5 Å². The van der Waals surface area contributed by atoms with Crippen LogP contribution in [0.25, 0.3) is 0 Å². The van der Waals surface area contributed by atoms with Crippen LogP contribution in [0.1, 0.15) is 35.1 Å². The molecule has 7 heteroatoms. The average Bonchev–Trinajstić information content (AvgIpc) is 3.08. The number of rotatable bonds is 3. The number of amides is 1. The lowest BCUT2D eigenvalue weighted by Gasteiger charge is -2.32. The Morgan fingerprint density at radius 2 is 2.27 bits per heavy atom. The van der Waals surface area contributed by atoms with Gasteiger partial charge in [0.15, 0.2) is 0 Å². The Balaban J connectivity index is 1.78. The average molecular weight is 300 g/mol. The van der Waals surface area contributed by atoms with Gasteiger partial charge >= 0.3 is 0 Å². The number of hydrogen-bond acceptors (Lipinski definition) is 5. The van der Waals surface area contributed by atoms with Gasteiger partial charge in [0.2, 0.25) is 5.95 Å². The molecule has 1 N–H and O–H groups in total. The second-order valence-corrected chi connectivity index (χ2v) is 5.50. The summed E-state index contributed by atoms with van der Waals surface area (Å²) in [6, 6.07) is 3.88. The maximum absolute atomic E-state index is 12.7. The Morgan fingerprint density at radius 3 is 3.00 bits per heavy atom. The molecular weight excluding hydrogens is 280 g/mol. The van der Waals surface area contributed by atoms with Crippen molar-refractivity contribution in [3.05, 3.63) is 35.9 Å². The van der Waals surface area contributed by atoms with Gasteiger partial charge in [-0.05, 0) is 31.9 Å². The Hall–Kier alpha value is -2.44. The maximum atomic E-state index is 12.7. The summed E-state index contributed by atoms with van der Waals surface area (Å²) in [4.78, 5) is 23.1. The van der Waals surface area contributed by atoms with Crippen LogP contribution in [0.2, 0.25) is 0 Å². The summed E-state index contributed by atoms with van der Waals surface area (Å²) in [7, 11) is 1.75. The lowest BCUT2D eigenvalue weighted by molar-refractivity contribution is 0.0667. The van der Waals surface area contributed by atoms with E-state index in [2.05, 4.69) is 20.4 Å². The molecule has 0 aliphatic carbocycles. The third-order valence-corrected chi connectivity index (χ3v) is 3.88. The fourth-order valence-electron chi connectivity index (χ4n) is 2.80. The smallest absolute Gasteiger partial charge is 0.272 e. The predicted octanol–water partition coefficient (Wildman–Crippen LogP) is 1.50. The molecule has 116 valence electrons. The zero-order valence-electron chi connectivity index (χ0n) is 12.9. The zero-order valence-corrected chi connectivity index (χ0v) is 12.9. The van der Waals surface area contributed by atoms with Gasteiger partial charge in [-0.15, -0.1) is 0 Å². The predicted molar refractivity (Wildman–Crippen MR) is 82.7 cm³/mol. The number of hydrogen-bond donors (Lipinski definition) is 1. The van der Waals surface area contributed by atoms with Gasteiger partial charge in [-0.1, -0.05) is 0 Å². The van der Waals surface area contributed by atoms with Gasteiger partial charge in [0.1, 0.15) is 5.69 Å². The van der Waals surface area contributed by atoms with Gasteiger partial charge in [-0.2, -0.15) is 5.10 Å². The summed E-state index contributed by atoms with van der Waals surface area (Å²) < 4.78 is 1.93. The fourth-order valence-corrected chi connectivity index (χ4v) is 2.80. The summed E-state index contributed by atoms with van der Waals surface area (Å²) in [5, 5.41) is 7.18. The van der Waals surface area contributed by atoms with Crippen molar-refractivity contribution in [1.82, 2.24) is 24.6 Å². The lowest BCUT2D eigenvalue weighted by atomic mass is 10.1. The highest BCUT2D eigenvalue weighted by Crippen LogP contribution is 2.22. The number of nitrogens with one attached hydrogen (secondary N) is 1. The first-order chi connectivity index (χ1) is 10.7. The molecule has 3 heterocycles. The van der Waals surface area contributed by atoms with E-state index >= 15 is 0 Å². The van der Waals surface area contributed by atoms with Gasteiger partial charge in [0.25, 0.3) is 5.91 Å². The SMILES string of the molecule is CNc1nc(C)cc(C(=O)N2CCCC(n3cccn3)C2)n1. The third-order valence-electron chi connectivity index (χ3n) is 3.88. The first-order valence-electron chi connectivity index (χ1n) is 7.49. The number of aromatic nitrogens is 4. The number of carbonyl (C=O) groups is 1. The fraction of sp³-hybridized carbons (Fsp3) is 0.467. The van der Waals surface area contributed by atoms with Gasteiger partial charge in [0, 0.05) is 38.2 Å². The van der Waals surface area contributed by atoms with Crippen molar-refractivity contribution >= 4 is 11.9 Å². The number of likely N-dealkylation sites (tertiary alicyclic amines) is 1. The van der Waals surface area contributed by atoms with E-state index in [0.717, 1.165) is 25.1 Å². The quantitative estimate of drug-likeness (QED) is 0.929. The number of nitrogens with zero attached hydrogens (tertiary/aromatic N) is 5. The van der Waals surface area contributed by atoms with Gasteiger partial charge in [0.05, 0.1) is 6.04 Å². The summed E-state index contributed by atoms with van der Waals surface area (Å²) >= 11 is 0. The Morgan fingerprint density at radius 1 is 1.41 bits per heavy atom. The molecule has 1 fully saturated rings. The summed E-state index contributed by atoms with van der Waals surface area (Å²) in [5.41, 5.74) is 1.22. The summed E-state index contributed by atoms with van der Waals surface area (Å²) in [5.74, 6) is 0.433. The van der Waals surface area contributed by atoms with Crippen LogP contribution < -0.4 is 5.32 Å². The number of anilines is 1. The molecule has 2 aromatic heterocycles. The highest BCUT2D eigenvalue weighted by atomic mass is 16.2. The van der Waals surface area contributed by atoms with E-state index in [1.54, 1.807) is 19.3 Å². The molecule has 3 rings (SSSR count). The second-order valence-electron chi connectivity index (χ2n) is 5.50. The van der Waals surface area contributed by atoms with Crippen molar-refractivity contribution in [3.8, 4) is 0 Å². The molecule has 0 saturated carbocycles. The van der Waals surface area contributed by atoms with Crippen LogP contribution in [0.4, 0.5) is 5.95 Å². The molecule has 1 aliphatic heterocycles. The minimum atomic E-state index is -0.0427. The highest BCUT2D eigenvalue weighted by molar-refractivity contribution is 5.92. The highest BCUT2D eigenvalue weighted by Gasteiger charge is 2.26. The second kappa shape index (κ2) is 6.13. The van der Waals surface area contributed by atoms with Crippen LogP contribution in [0, 0.1) is 6.92 Å². The Kier molecular flexibility index (Phi) is 4.04. The van der Waals surface area contributed by atoms with E-state index < -0.39 is 0 Å². The molecule has 2 aromatic rings. The topological polar surface area (TPSA) is 75.9 Å². The standard InChI is InChI=1S/C15H20N6O/c1-11-9-13(19-15(16-2)18-11)14(22)20-7-3-5-12(10-20)21-8-4-6-17-21/h4,6,8-9,12H,3,5,7,10H2,1-2H3,(H,16,18,19). The van der Waals surface area contributed by atoms with E-state index in [0.29, 0.717) is 18.2 Å². The molecule has 1 saturated heterocycles. The molecule has 1 aliphatic rings. The van der Waals surface area contributed by atoms with Gasteiger partial charge in [-0.3, -0.25) is 9.48 Å². The molecule has 0 radical (unpaired) electrons. The Labute approximate surface area is 129 Å². The molecule has 0 spiro atoms. The minimum Gasteiger partial charge on any atom is -0.357 e. The van der Waals surface area contributed by atoms with Crippen LogP contribution in [-0.2, 0) is 0 Å². The van der Waals surface area contributed by atoms with E-state index in [4.69, 9.17) is 0 Å². The first-order valence-corrected chi connectivity index (χ1v) is 7.49. The van der Waals surface area contributed by atoms with Crippen molar-refractivity contribution in [1.29, 1.82) is 0 Å².